The van der Waals surface area contributed by atoms with Crippen molar-refractivity contribution < 1.29 is 4.52 Å². The van der Waals surface area contributed by atoms with Crippen molar-refractivity contribution in [2.45, 2.75) is 51.6 Å². The molecule has 1 saturated heterocycles. The third-order valence-corrected chi connectivity index (χ3v) is 4.58. The fourth-order valence-corrected chi connectivity index (χ4v) is 3.52. The fourth-order valence-electron chi connectivity index (χ4n) is 3.52. The van der Waals surface area contributed by atoms with Crippen molar-refractivity contribution in [3.05, 3.63) is 17.0 Å². The van der Waals surface area contributed by atoms with Gasteiger partial charge >= 0.3 is 0 Å². The average molecular weight is 249 g/mol. The van der Waals surface area contributed by atoms with Crippen LogP contribution in [-0.2, 0) is 6.54 Å². The quantitative estimate of drug-likeness (QED) is 0.870. The number of nitrogens with zero attached hydrogens (tertiary/aromatic N) is 2. The van der Waals surface area contributed by atoms with E-state index in [2.05, 4.69) is 15.4 Å². The summed E-state index contributed by atoms with van der Waals surface area (Å²) < 4.78 is 5.26. The molecule has 1 aromatic heterocycles. The highest BCUT2D eigenvalue weighted by Gasteiger charge is 2.37. The minimum Gasteiger partial charge on any atom is -0.361 e. The van der Waals surface area contributed by atoms with Crippen LogP contribution in [0.2, 0.25) is 0 Å². The van der Waals surface area contributed by atoms with Crippen LogP contribution in [0.5, 0.6) is 0 Å². The van der Waals surface area contributed by atoms with Crippen LogP contribution >= 0.6 is 0 Å². The number of hydrogen-bond acceptors (Lipinski definition) is 4. The van der Waals surface area contributed by atoms with Crippen LogP contribution in [-0.4, -0.2) is 35.2 Å². The summed E-state index contributed by atoms with van der Waals surface area (Å²) in [5.41, 5.74) is 2.73. The van der Waals surface area contributed by atoms with E-state index in [1.165, 1.54) is 37.8 Å². The molecular weight excluding hydrogens is 226 g/mol. The second-order valence-corrected chi connectivity index (χ2v) is 5.93. The summed E-state index contributed by atoms with van der Waals surface area (Å²) in [6.45, 7) is 8.47. The predicted octanol–water partition coefficient (Wildman–Crippen LogP) is 2.01. The van der Waals surface area contributed by atoms with E-state index in [0.29, 0.717) is 5.54 Å². The number of piperazine rings is 1. The zero-order chi connectivity index (χ0) is 12.6. The van der Waals surface area contributed by atoms with E-state index in [4.69, 9.17) is 4.52 Å². The molecule has 4 nitrogen and oxygen atoms in total. The minimum atomic E-state index is 0.400. The summed E-state index contributed by atoms with van der Waals surface area (Å²) in [6, 6.07) is 0. The largest absolute Gasteiger partial charge is 0.361 e. The highest BCUT2D eigenvalue weighted by atomic mass is 16.5. The second-order valence-electron chi connectivity index (χ2n) is 5.93. The Morgan fingerprint density at radius 1 is 1.33 bits per heavy atom. The Balaban J connectivity index is 1.70. The highest BCUT2D eigenvalue weighted by Crippen LogP contribution is 2.32. The Kier molecular flexibility index (Phi) is 3.16. The van der Waals surface area contributed by atoms with Crippen LogP contribution in [0, 0.1) is 13.8 Å². The summed E-state index contributed by atoms with van der Waals surface area (Å²) >= 11 is 0. The first-order chi connectivity index (χ1) is 8.69. The van der Waals surface area contributed by atoms with E-state index in [-0.39, 0.29) is 0 Å². The maximum absolute atomic E-state index is 5.26. The third-order valence-electron chi connectivity index (χ3n) is 4.58. The van der Waals surface area contributed by atoms with Crippen molar-refractivity contribution >= 4 is 0 Å². The fraction of sp³-hybridized carbons (Fsp3) is 0.786. The monoisotopic (exact) mass is 249 g/mol. The zero-order valence-electron chi connectivity index (χ0n) is 11.5. The van der Waals surface area contributed by atoms with Crippen molar-refractivity contribution in [2.24, 2.45) is 0 Å². The average Bonchev–Trinajstić information content (AvgIpc) is 2.92. The van der Waals surface area contributed by atoms with Gasteiger partial charge in [0.25, 0.3) is 0 Å². The molecule has 1 spiro atoms. The van der Waals surface area contributed by atoms with E-state index < -0.39 is 0 Å². The third kappa shape index (κ3) is 2.19. The second kappa shape index (κ2) is 4.67. The van der Waals surface area contributed by atoms with Gasteiger partial charge in [0.05, 0.1) is 5.69 Å². The van der Waals surface area contributed by atoms with Crippen molar-refractivity contribution in [2.75, 3.05) is 19.6 Å². The lowest BCUT2D eigenvalue weighted by Crippen LogP contribution is -2.58. The molecule has 2 aliphatic rings. The van der Waals surface area contributed by atoms with Crippen LogP contribution < -0.4 is 5.32 Å². The Morgan fingerprint density at radius 3 is 2.78 bits per heavy atom. The molecule has 0 bridgehead atoms. The Bertz CT molecular complexity index is 401. The molecule has 3 rings (SSSR count). The SMILES string of the molecule is Cc1noc(C)c1CN1CCNC2(CCCC2)C1. The van der Waals surface area contributed by atoms with Crippen LogP contribution in [0.3, 0.4) is 0 Å². The van der Waals surface area contributed by atoms with Crippen LogP contribution in [0.25, 0.3) is 0 Å². The minimum absolute atomic E-state index is 0.400. The molecule has 1 N–H and O–H groups in total. The molecule has 0 amide bonds. The Labute approximate surface area is 109 Å². The Morgan fingerprint density at radius 2 is 2.11 bits per heavy atom. The molecule has 2 heterocycles. The molecule has 0 unspecified atom stereocenters. The molecule has 1 aromatic rings. The van der Waals surface area contributed by atoms with Crippen LogP contribution in [0.4, 0.5) is 0 Å². The predicted molar refractivity (Wildman–Crippen MR) is 70.5 cm³/mol. The van der Waals surface area contributed by atoms with Crippen LogP contribution in [0.1, 0.15) is 42.7 Å². The van der Waals surface area contributed by atoms with Gasteiger partial charge in [0, 0.05) is 37.3 Å². The van der Waals surface area contributed by atoms with Crippen molar-refractivity contribution in [3.8, 4) is 0 Å². The number of hydrogen-bond donors (Lipinski definition) is 1. The normalized spacial score (nSPS) is 23.9. The molecule has 100 valence electrons. The van der Waals surface area contributed by atoms with E-state index in [0.717, 1.165) is 31.1 Å². The van der Waals surface area contributed by atoms with Gasteiger partial charge in [-0.05, 0) is 26.7 Å². The highest BCUT2D eigenvalue weighted by molar-refractivity contribution is 5.20. The molecule has 2 fully saturated rings. The van der Waals surface area contributed by atoms with Crippen molar-refractivity contribution in [1.82, 2.24) is 15.4 Å². The van der Waals surface area contributed by atoms with Gasteiger partial charge in [0.2, 0.25) is 0 Å². The summed E-state index contributed by atoms with van der Waals surface area (Å²) in [4.78, 5) is 2.56. The lowest BCUT2D eigenvalue weighted by Gasteiger charge is -2.41. The van der Waals surface area contributed by atoms with Crippen molar-refractivity contribution in [3.63, 3.8) is 0 Å². The van der Waals surface area contributed by atoms with Gasteiger partial charge in [-0.1, -0.05) is 18.0 Å². The summed E-state index contributed by atoms with van der Waals surface area (Å²) in [7, 11) is 0. The number of aromatic nitrogens is 1. The van der Waals surface area contributed by atoms with Gasteiger partial charge in [-0.2, -0.15) is 0 Å². The van der Waals surface area contributed by atoms with Crippen molar-refractivity contribution in [1.29, 1.82) is 0 Å². The van der Waals surface area contributed by atoms with E-state index in [1.807, 2.05) is 13.8 Å². The summed E-state index contributed by atoms with van der Waals surface area (Å²) in [5, 5.41) is 7.81. The van der Waals surface area contributed by atoms with Gasteiger partial charge in [-0.15, -0.1) is 0 Å². The number of aryl methyl sites for hydroxylation is 2. The molecule has 1 aliphatic carbocycles. The topological polar surface area (TPSA) is 41.3 Å². The van der Waals surface area contributed by atoms with E-state index >= 15 is 0 Å². The first-order valence-electron chi connectivity index (χ1n) is 7.08. The lowest BCUT2D eigenvalue weighted by atomic mass is 9.94. The lowest BCUT2D eigenvalue weighted by molar-refractivity contribution is 0.128. The van der Waals surface area contributed by atoms with Gasteiger partial charge < -0.3 is 9.84 Å². The first-order valence-corrected chi connectivity index (χ1v) is 7.08. The zero-order valence-corrected chi connectivity index (χ0v) is 11.5. The van der Waals surface area contributed by atoms with Crippen LogP contribution in [0.15, 0.2) is 4.52 Å². The van der Waals surface area contributed by atoms with Gasteiger partial charge in [0.15, 0.2) is 0 Å². The standard InChI is InChI=1S/C14H23N3O/c1-11-13(12(2)18-16-11)9-17-8-7-15-14(10-17)5-3-4-6-14/h15H,3-10H2,1-2H3. The molecule has 0 aromatic carbocycles. The maximum atomic E-state index is 5.26. The van der Waals surface area contributed by atoms with E-state index in [9.17, 15) is 0 Å². The Hall–Kier alpha value is -0.870. The summed E-state index contributed by atoms with van der Waals surface area (Å²) in [6.07, 6.45) is 5.44. The smallest absolute Gasteiger partial charge is 0.138 e. The van der Waals surface area contributed by atoms with E-state index in [1.54, 1.807) is 0 Å². The van der Waals surface area contributed by atoms with Gasteiger partial charge in [0.1, 0.15) is 5.76 Å². The molecule has 4 heteroatoms. The first kappa shape index (κ1) is 12.2. The number of rotatable bonds is 2. The van der Waals surface area contributed by atoms with Gasteiger partial charge in [-0.3, -0.25) is 4.90 Å². The molecule has 18 heavy (non-hydrogen) atoms. The molecule has 0 radical (unpaired) electrons. The molecular formula is C14H23N3O. The van der Waals surface area contributed by atoms with Gasteiger partial charge in [-0.25, -0.2) is 0 Å². The molecule has 1 saturated carbocycles. The molecule has 1 aliphatic heterocycles. The maximum Gasteiger partial charge on any atom is 0.138 e. The number of nitrogens with one attached hydrogen (secondary N) is 1. The molecule has 0 atom stereocenters. The summed E-state index contributed by atoms with van der Waals surface area (Å²) in [5.74, 6) is 0.978.